The molecule has 3 rings (SSSR count). The Balaban J connectivity index is 1.72. The molecule has 0 saturated carbocycles. The van der Waals surface area contributed by atoms with Gasteiger partial charge in [-0.1, -0.05) is 6.07 Å². The van der Waals surface area contributed by atoms with E-state index in [1.54, 1.807) is 30.3 Å². The van der Waals surface area contributed by atoms with Gasteiger partial charge in [-0.2, -0.15) is 4.98 Å². The van der Waals surface area contributed by atoms with Gasteiger partial charge >= 0.3 is 0 Å². The van der Waals surface area contributed by atoms with Crippen LogP contribution in [-0.2, 0) is 9.53 Å². The van der Waals surface area contributed by atoms with E-state index in [-0.39, 0.29) is 30.0 Å². The minimum atomic E-state index is -0.677. The highest BCUT2D eigenvalue weighted by Gasteiger charge is 2.10. The molecule has 8 nitrogen and oxygen atoms in total. The lowest BCUT2D eigenvalue weighted by atomic mass is 10.2. The topological polar surface area (TPSA) is 97.4 Å². The summed E-state index contributed by atoms with van der Waals surface area (Å²) >= 11 is 0. The summed E-state index contributed by atoms with van der Waals surface area (Å²) < 4.78 is 38.5. The highest BCUT2D eigenvalue weighted by Crippen LogP contribution is 2.25. The Morgan fingerprint density at radius 2 is 1.77 bits per heavy atom. The molecule has 162 valence electrons. The number of benzene rings is 2. The third-order valence-corrected chi connectivity index (χ3v) is 3.92. The number of methoxy groups -OCH3 is 1. The molecule has 0 fully saturated rings. The first-order chi connectivity index (χ1) is 14.9. The molecule has 3 N–H and O–H groups in total. The summed E-state index contributed by atoms with van der Waals surface area (Å²) in [6, 6.07) is 11.0. The number of amides is 1. The molecule has 0 spiro atoms. The molecule has 0 bridgehead atoms. The fraction of sp³-hybridized carbons (Fsp3) is 0.190. The van der Waals surface area contributed by atoms with Crippen molar-refractivity contribution >= 4 is 34.7 Å². The average Bonchev–Trinajstić information content (AvgIpc) is 2.72. The zero-order valence-corrected chi connectivity index (χ0v) is 16.9. The van der Waals surface area contributed by atoms with Crippen molar-refractivity contribution in [2.24, 2.45) is 0 Å². The maximum atomic E-state index is 14.2. The van der Waals surface area contributed by atoms with Crippen molar-refractivity contribution in [1.82, 2.24) is 9.97 Å². The predicted octanol–water partition coefficient (Wildman–Crippen LogP) is 4.23. The van der Waals surface area contributed by atoms with E-state index in [1.165, 1.54) is 26.2 Å². The van der Waals surface area contributed by atoms with E-state index in [0.717, 1.165) is 6.20 Å². The number of hydrogen-bond acceptors (Lipinski definition) is 7. The van der Waals surface area contributed by atoms with E-state index in [0.29, 0.717) is 23.7 Å². The Hall–Kier alpha value is -3.79. The molecule has 10 heteroatoms. The number of anilines is 5. The van der Waals surface area contributed by atoms with Crippen LogP contribution in [0.4, 0.5) is 37.6 Å². The third kappa shape index (κ3) is 6.34. The minimum Gasteiger partial charge on any atom is -0.488 e. The van der Waals surface area contributed by atoms with Crippen molar-refractivity contribution in [3.63, 3.8) is 0 Å². The number of aromatic nitrogens is 2. The van der Waals surface area contributed by atoms with Crippen molar-refractivity contribution in [1.29, 1.82) is 0 Å². The van der Waals surface area contributed by atoms with Gasteiger partial charge in [-0.25, -0.2) is 13.8 Å². The van der Waals surface area contributed by atoms with Crippen molar-refractivity contribution < 1.29 is 23.0 Å². The second kappa shape index (κ2) is 10.3. The van der Waals surface area contributed by atoms with Crippen molar-refractivity contribution in [3.8, 4) is 5.75 Å². The number of carbonyl (C=O) groups is 1. The maximum Gasteiger partial charge on any atom is 0.229 e. The minimum absolute atomic E-state index is 0.0642. The SMILES string of the molecule is COCCOc1ccc(Nc2ncc(F)c(Nc3cccc(NC(C)=O)c3)n2)cc1F. The summed E-state index contributed by atoms with van der Waals surface area (Å²) in [7, 11) is 1.53. The monoisotopic (exact) mass is 429 g/mol. The lowest BCUT2D eigenvalue weighted by Gasteiger charge is -2.12. The van der Waals surface area contributed by atoms with Crippen LogP contribution in [0.2, 0.25) is 0 Å². The van der Waals surface area contributed by atoms with E-state index in [2.05, 4.69) is 25.9 Å². The average molecular weight is 429 g/mol. The van der Waals surface area contributed by atoms with Crippen LogP contribution in [-0.4, -0.2) is 36.2 Å². The Labute approximate surface area is 177 Å². The molecular formula is C21H21F2N5O3. The molecule has 1 aromatic heterocycles. The molecule has 2 aromatic carbocycles. The Morgan fingerprint density at radius 3 is 2.52 bits per heavy atom. The van der Waals surface area contributed by atoms with Gasteiger partial charge in [-0.15, -0.1) is 0 Å². The molecule has 0 aliphatic heterocycles. The van der Waals surface area contributed by atoms with Gasteiger partial charge in [0.05, 0.1) is 12.8 Å². The molecule has 3 aromatic rings. The number of nitrogens with one attached hydrogen (secondary N) is 3. The number of rotatable bonds is 9. The third-order valence-electron chi connectivity index (χ3n) is 3.92. The molecule has 0 aliphatic rings. The maximum absolute atomic E-state index is 14.2. The van der Waals surface area contributed by atoms with E-state index >= 15 is 0 Å². The Bertz CT molecular complexity index is 1060. The van der Waals surface area contributed by atoms with Crippen LogP contribution in [0.15, 0.2) is 48.7 Å². The van der Waals surface area contributed by atoms with E-state index in [9.17, 15) is 13.6 Å². The summed E-state index contributed by atoms with van der Waals surface area (Å²) in [4.78, 5) is 19.2. The first-order valence-electron chi connectivity index (χ1n) is 9.30. The van der Waals surface area contributed by atoms with Crippen molar-refractivity contribution in [3.05, 3.63) is 60.3 Å². The summed E-state index contributed by atoms with van der Waals surface area (Å²) in [6.07, 6.45) is 0.994. The fourth-order valence-corrected chi connectivity index (χ4v) is 2.59. The van der Waals surface area contributed by atoms with Crippen molar-refractivity contribution in [2.75, 3.05) is 36.3 Å². The number of nitrogens with zero attached hydrogens (tertiary/aromatic N) is 2. The quantitative estimate of drug-likeness (QED) is 0.438. The Morgan fingerprint density at radius 1 is 1.00 bits per heavy atom. The van der Waals surface area contributed by atoms with Crippen LogP contribution >= 0.6 is 0 Å². The van der Waals surface area contributed by atoms with E-state index < -0.39 is 11.6 Å². The van der Waals surface area contributed by atoms with Gasteiger partial charge in [-0.3, -0.25) is 4.79 Å². The highest BCUT2D eigenvalue weighted by atomic mass is 19.1. The van der Waals surface area contributed by atoms with Crippen LogP contribution in [0.5, 0.6) is 5.75 Å². The van der Waals surface area contributed by atoms with Crippen LogP contribution in [0.3, 0.4) is 0 Å². The smallest absolute Gasteiger partial charge is 0.229 e. The first kappa shape index (κ1) is 21.9. The van der Waals surface area contributed by atoms with E-state index in [4.69, 9.17) is 9.47 Å². The zero-order valence-electron chi connectivity index (χ0n) is 16.9. The number of halogens is 2. The summed E-state index contributed by atoms with van der Waals surface area (Å²) in [6.45, 7) is 1.95. The van der Waals surface area contributed by atoms with Gasteiger partial charge in [0.25, 0.3) is 0 Å². The number of carbonyl (C=O) groups excluding carboxylic acids is 1. The lowest BCUT2D eigenvalue weighted by molar-refractivity contribution is -0.114. The van der Waals surface area contributed by atoms with Gasteiger partial charge in [0.15, 0.2) is 23.2 Å². The molecule has 1 amide bonds. The highest BCUT2D eigenvalue weighted by molar-refractivity contribution is 5.89. The summed E-state index contributed by atoms with van der Waals surface area (Å²) in [5.41, 5.74) is 1.42. The lowest BCUT2D eigenvalue weighted by Crippen LogP contribution is -2.07. The first-order valence-corrected chi connectivity index (χ1v) is 9.30. The van der Waals surface area contributed by atoms with Gasteiger partial charge in [0, 0.05) is 37.2 Å². The van der Waals surface area contributed by atoms with Gasteiger partial charge in [-0.05, 0) is 30.3 Å². The standard InChI is InChI=1S/C21H21F2N5O3/c1-13(29)25-14-4-3-5-15(10-14)26-20-18(23)12-24-21(28-20)27-16-6-7-19(17(22)11-16)31-9-8-30-2/h3-7,10-12H,8-9H2,1-2H3,(H,25,29)(H2,24,26,27,28). The largest absolute Gasteiger partial charge is 0.488 e. The molecule has 1 heterocycles. The van der Waals surface area contributed by atoms with E-state index in [1.807, 2.05) is 0 Å². The second-order valence-corrected chi connectivity index (χ2v) is 6.39. The number of ether oxygens (including phenoxy) is 2. The normalized spacial score (nSPS) is 10.5. The fourth-order valence-electron chi connectivity index (χ4n) is 2.59. The molecule has 31 heavy (non-hydrogen) atoms. The number of hydrogen-bond donors (Lipinski definition) is 3. The van der Waals surface area contributed by atoms with Crippen LogP contribution in [0.1, 0.15) is 6.92 Å². The van der Waals surface area contributed by atoms with Gasteiger partial charge in [0.2, 0.25) is 11.9 Å². The summed E-state index contributed by atoms with van der Waals surface area (Å²) in [5.74, 6) is -1.41. The van der Waals surface area contributed by atoms with Crippen LogP contribution in [0, 0.1) is 11.6 Å². The molecule has 0 radical (unpaired) electrons. The van der Waals surface area contributed by atoms with Gasteiger partial charge in [0.1, 0.15) is 6.61 Å². The molecule has 0 saturated heterocycles. The molecule has 0 aliphatic carbocycles. The molecule has 0 atom stereocenters. The Kier molecular flexibility index (Phi) is 7.28. The van der Waals surface area contributed by atoms with Crippen molar-refractivity contribution in [2.45, 2.75) is 6.92 Å². The predicted molar refractivity (Wildman–Crippen MR) is 113 cm³/mol. The second-order valence-electron chi connectivity index (χ2n) is 6.39. The zero-order chi connectivity index (χ0) is 22.2. The van der Waals surface area contributed by atoms with Gasteiger partial charge < -0.3 is 25.4 Å². The molecular weight excluding hydrogens is 408 g/mol. The summed E-state index contributed by atoms with van der Waals surface area (Å²) in [5, 5.41) is 8.31. The van der Waals surface area contributed by atoms with Crippen LogP contribution in [0.25, 0.3) is 0 Å². The molecule has 0 unspecified atom stereocenters. The van der Waals surface area contributed by atoms with Crippen LogP contribution < -0.4 is 20.7 Å².